The predicted octanol–water partition coefficient (Wildman–Crippen LogP) is 3.47. The van der Waals surface area contributed by atoms with Crippen LogP contribution in [0.3, 0.4) is 0 Å². The van der Waals surface area contributed by atoms with Crippen LogP contribution in [-0.2, 0) is 9.63 Å². The first-order chi connectivity index (χ1) is 13.0. The van der Waals surface area contributed by atoms with Crippen molar-refractivity contribution >= 4 is 23.2 Å². The Hall–Kier alpha value is -3.09. The van der Waals surface area contributed by atoms with Crippen LogP contribution < -0.4 is 0 Å². The lowest BCUT2D eigenvalue weighted by molar-refractivity contribution is -0.384. The molecule has 1 fully saturated rings. The van der Waals surface area contributed by atoms with E-state index < -0.39 is 10.9 Å². The first-order valence-corrected chi connectivity index (χ1v) is 8.90. The molecule has 138 valence electrons. The van der Waals surface area contributed by atoms with Gasteiger partial charge >= 0.3 is 5.97 Å². The van der Waals surface area contributed by atoms with Gasteiger partial charge in [0.05, 0.1) is 16.2 Å². The smallest absolute Gasteiger partial charge is 0.313 e. The molecule has 0 aliphatic heterocycles. The summed E-state index contributed by atoms with van der Waals surface area (Å²) < 4.78 is 0. The van der Waals surface area contributed by atoms with Crippen LogP contribution in [0.5, 0.6) is 0 Å². The fourth-order valence-electron chi connectivity index (χ4n) is 4.42. The minimum absolute atomic E-state index is 0.0590. The van der Waals surface area contributed by atoms with E-state index in [1.54, 1.807) is 13.0 Å². The van der Waals surface area contributed by atoms with Gasteiger partial charge in [0, 0.05) is 24.0 Å². The van der Waals surface area contributed by atoms with Crippen LogP contribution in [0.15, 0.2) is 53.2 Å². The van der Waals surface area contributed by atoms with E-state index in [1.807, 2.05) is 0 Å². The SMILES string of the molecule is CC1=CC(=O)[C@H]2[C@H](/C1=N/OC(=O)c1cccc([N+](=O)[O-])c1)[C@H]1C=C[C@H]2CC1. The number of oxime groups is 1. The lowest BCUT2D eigenvalue weighted by atomic mass is 9.57. The number of non-ortho nitro benzene ring substituents is 1. The predicted molar refractivity (Wildman–Crippen MR) is 97.0 cm³/mol. The molecule has 1 aromatic carbocycles. The second-order valence-corrected chi connectivity index (χ2v) is 7.23. The fraction of sp³-hybridized carbons (Fsp3) is 0.350. The summed E-state index contributed by atoms with van der Waals surface area (Å²) in [5.74, 6) is -0.460. The van der Waals surface area contributed by atoms with E-state index in [4.69, 9.17) is 4.84 Å². The maximum Gasteiger partial charge on any atom is 0.365 e. The highest BCUT2D eigenvalue weighted by Crippen LogP contribution is 2.48. The number of hydrogen-bond acceptors (Lipinski definition) is 6. The van der Waals surface area contributed by atoms with Crippen molar-refractivity contribution in [3.05, 3.63) is 63.7 Å². The molecule has 27 heavy (non-hydrogen) atoms. The first kappa shape index (κ1) is 17.3. The summed E-state index contributed by atoms with van der Waals surface area (Å²) in [6.45, 7) is 1.79. The number of rotatable bonds is 3. The van der Waals surface area contributed by atoms with Crippen LogP contribution in [0.1, 0.15) is 30.1 Å². The van der Waals surface area contributed by atoms with Gasteiger partial charge in [-0.3, -0.25) is 14.9 Å². The van der Waals surface area contributed by atoms with Gasteiger partial charge in [0.15, 0.2) is 5.78 Å². The number of nitro benzene ring substituents is 1. The molecule has 7 heteroatoms. The fourth-order valence-corrected chi connectivity index (χ4v) is 4.42. The highest BCUT2D eigenvalue weighted by atomic mass is 16.7. The van der Waals surface area contributed by atoms with Gasteiger partial charge in [-0.25, -0.2) is 4.79 Å². The molecule has 0 aromatic heterocycles. The molecule has 0 heterocycles. The van der Waals surface area contributed by atoms with E-state index in [-0.39, 0.29) is 40.7 Å². The zero-order valence-corrected chi connectivity index (χ0v) is 14.7. The maximum absolute atomic E-state index is 12.5. The van der Waals surface area contributed by atoms with E-state index in [0.717, 1.165) is 18.9 Å². The molecule has 1 saturated carbocycles. The van der Waals surface area contributed by atoms with Crippen molar-refractivity contribution in [1.29, 1.82) is 0 Å². The summed E-state index contributed by atoms with van der Waals surface area (Å²) in [6, 6.07) is 5.33. The lowest BCUT2D eigenvalue weighted by Gasteiger charge is -2.46. The number of carbonyl (C=O) groups excluding carboxylic acids is 2. The molecule has 4 atom stereocenters. The van der Waals surface area contributed by atoms with Gasteiger partial charge in [-0.1, -0.05) is 23.4 Å². The number of nitrogens with zero attached hydrogens (tertiary/aromatic N) is 2. The van der Waals surface area contributed by atoms with Crippen LogP contribution >= 0.6 is 0 Å². The summed E-state index contributed by atoms with van der Waals surface area (Å²) in [6.07, 6.45) is 7.81. The average Bonchev–Trinajstić information content (AvgIpc) is 2.68. The van der Waals surface area contributed by atoms with Crippen molar-refractivity contribution in [3.63, 3.8) is 0 Å². The normalized spacial score (nSPS) is 30.0. The number of hydrogen-bond donors (Lipinski definition) is 0. The zero-order valence-electron chi connectivity index (χ0n) is 14.7. The summed E-state index contributed by atoms with van der Waals surface area (Å²) in [5, 5.41) is 15.0. The number of carbonyl (C=O) groups is 2. The molecular formula is C20H18N2O5. The number of benzene rings is 1. The summed E-state index contributed by atoms with van der Waals surface area (Å²) in [5.41, 5.74) is 1.20. The quantitative estimate of drug-likeness (QED) is 0.353. The van der Waals surface area contributed by atoms with Gasteiger partial charge in [0.1, 0.15) is 0 Å². The molecule has 5 rings (SSSR count). The van der Waals surface area contributed by atoms with E-state index >= 15 is 0 Å². The highest BCUT2D eigenvalue weighted by Gasteiger charge is 2.48. The first-order valence-electron chi connectivity index (χ1n) is 8.90. The van der Waals surface area contributed by atoms with E-state index in [2.05, 4.69) is 17.3 Å². The molecule has 1 aromatic rings. The van der Waals surface area contributed by atoms with Crippen LogP contribution in [0.2, 0.25) is 0 Å². The molecular weight excluding hydrogens is 348 g/mol. The van der Waals surface area contributed by atoms with Crippen molar-refractivity contribution in [2.45, 2.75) is 19.8 Å². The molecule has 0 saturated heterocycles. The van der Waals surface area contributed by atoms with Crippen LogP contribution in [0.25, 0.3) is 0 Å². The molecule has 0 amide bonds. The van der Waals surface area contributed by atoms with Crippen LogP contribution in [-0.4, -0.2) is 22.4 Å². The molecule has 0 unspecified atom stereocenters. The van der Waals surface area contributed by atoms with Crippen molar-refractivity contribution in [2.24, 2.45) is 28.8 Å². The number of fused-ring (bicyclic) bond motifs is 1. The molecule has 0 spiro atoms. The molecule has 4 aliphatic rings. The molecule has 0 radical (unpaired) electrons. The van der Waals surface area contributed by atoms with Gasteiger partial charge in [-0.15, -0.1) is 0 Å². The Morgan fingerprint density at radius 3 is 2.59 bits per heavy atom. The van der Waals surface area contributed by atoms with Gasteiger partial charge in [-0.2, -0.15) is 0 Å². The second-order valence-electron chi connectivity index (χ2n) is 7.23. The third kappa shape index (κ3) is 2.99. The molecule has 0 N–H and O–H groups in total. The molecule has 2 bridgehead atoms. The minimum atomic E-state index is -0.760. The zero-order chi connectivity index (χ0) is 19.1. The number of nitro groups is 1. The highest BCUT2D eigenvalue weighted by molar-refractivity contribution is 6.13. The number of ketones is 1. The molecule has 7 nitrogen and oxygen atoms in total. The van der Waals surface area contributed by atoms with Crippen molar-refractivity contribution in [2.75, 3.05) is 0 Å². The lowest BCUT2D eigenvalue weighted by Crippen LogP contribution is -2.47. The monoisotopic (exact) mass is 366 g/mol. The Morgan fingerprint density at radius 2 is 1.93 bits per heavy atom. The van der Waals surface area contributed by atoms with E-state index in [1.165, 1.54) is 18.2 Å². The minimum Gasteiger partial charge on any atom is -0.313 e. The summed E-state index contributed by atoms with van der Waals surface area (Å²) in [7, 11) is 0. The standard InChI is InChI=1S/C20H18N2O5/c1-11-9-16(23)17-12-5-7-13(8-6-12)18(17)19(11)21-27-20(24)14-3-2-4-15(10-14)22(25)26/h2-5,7,9-10,12-13,17-18H,6,8H2,1H3/b21-19+/t12-,13-,17-,18+/m0/s1. The van der Waals surface area contributed by atoms with E-state index in [0.29, 0.717) is 11.3 Å². The van der Waals surface area contributed by atoms with Gasteiger partial charge in [0.25, 0.3) is 5.69 Å². The largest absolute Gasteiger partial charge is 0.365 e. The Bertz CT molecular complexity index is 930. The third-order valence-corrected chi connectivity index (χ3v) is 5.67. The van der Waals surface area contributed by atoms with E-state index in [9.17, 15) is 19.7 Å². The average molecular weight is 366 g/mol. The van der Waals surface area contributed by atoms with Gasteiger partial charge in [-0.05, 0) is 49.3 Å². The Morgan fingerprint density at radius 1 is 1.22 bits per heavy atom. The van der Waals surface area contributed by atoms with Gasteiger partial charge in [0.2, 0.25) is 0 Å². The summed E-state index contributed by atoms with van der Waals surface area (Å²) in [4.78, 5) is 40.2. The number of allylic oxidation sites excluding steroid dienone is 4. The second kappa shape index (κ2) is 6.57. The maximum atomic E-state index is 12.5. The van der Waals surface area contributed by atoms with Crippen molar-refractivity contribution in [3.8, 4) is 0 Å². The Labute approximate surface area is 155 Å². The Kier molecular flexibility index (Phi) is 4.22. The van der Waals surface area contributed by atoms with Crippen LogP contribution in [0.4, 0.5) is 5.69 Å². The van der Waals surface area contributed by atoms with Gasteiger partial charge < -0.3 is 4.84 Å². The summed E-state index contributed by atoms with van der Waals surface area (Å²) >= 11 is 0. The molecule has 4 aliphatic carbocycles. The van der Waals surface area contributed by atoms with Crippen molar-refractivity contribution in [1.82, 2.24) is 0 Å². The topological polar surface area (TPSA) is 98.9 Å². The third-order valence-electron chi connectivity index (χ3n) is 5.67. The Balaban J connectivity index is 1.61. The van der Waals surface area contributed by atoms with Crippen LogP contribution in [0, 0.1) is 33.8 Å². The van der Waals surface area contributed by atoms with Crippen molar-refractivity contribution < 1.29 is 19.3 Å².